The maximum absolute atomic E-state index is 6.13. The Balaban J connectivity index is 3.46. The molecule has 0 aliphatic heterocycles. The van der Waals surface area contributed by atoms with Gasteiger partial charge in [-0.05, 0) is 44.0 Å². The molecular formula is C14H22BrN. The molecule has 0 aliphatic carbocycles. The van der Waals surface area contributed by atoms with Crippen molar-refractivity contribution in [3.8, 4) is 0 Å². The van der Waals surface area contributed by atoms with Gasteiger partial charge in [-0.3, -0.25) is 0 Å². The summed E-state index contributed by atoms with van der Waals surface area (Å²) in [6.07, 6.45) is 0. The molecule has 0 atom stereocenters. The van der Waals surface area contributed by atoms with Gasteiger partial charge >= 0.3 is 0 Å². The van der Waals surface area contributed by atoms with Crippen molar-refractivity contribution in [1.29, 1.82) is 0 Å². The average Bonchev–Trinajstić information content (AvgIpc) is 2.05. The number of anilines is 1. The Bertz CT molecular complexity index is 394. The van der Waals surface area contributed by atoms with Crippen molar-refractivity contribution in [2.45, 2.75) is 52.4 Å². The van der Waals surface area contributed by atoms with Crippen LogP contribution in [0.4, 0.5) is 5.69 Å². The highest BCUT2D eigenvalue weighted by atomic mass is 79.9. The molecule has 0 aliphatic rings. The zero-order valence-corrected chi connectivity index (χ0v) is 12.7. The van der Waals surface area contributed by atoms with Crippen LogP contribution in [-0.4, -0.2) is 0 Å². The zero-order valence-electron chi connectivity index (χ0n) is 11.1. The summed E-state index contributed by atoms with van der Waals surface area (Å²) in [5.41, 5.74) is 9.75. The third-order valence-corrected chi connectivity index (χ3v) is 3.46. The van der Waals surface area contributed by atoms with Gasteiger partial charge in [-0.2, -0.15) is 0 Å². The minimum Gasteiger partial charge on any atom is -0.398 e. The quantitative estimate of drug-likeness (QED) is 0.691. The van der Waals surface area contributed by atoms with E-state index < -0.39 is 0 Å². The maximum atomic E-state index is 6.13. The molecule has 0 unspecified atom stereocenters. The molecule has 0 aromatic heterocycles. The molecule has 0 amide bonds. The van der Waals surface area contributed by atoms with E-state index >= 15 is 0 Å². The van der Waals surface area contributed by atoms with E-state index in [2.05, 4.69) is 69.6 Å². The van der Waals surface area contributed by atoms with Crippen molar-refractivity contribution in [3.05, 3.63) is 27.7 Å². The second-order valence-corrected chi connectivity index (χ2v) is 7.27. The first-order valence-corrected chi connectivity index (χ1v) is 6.43. The van der Waals surface area contributed by atoms with Gasteiger partial charge in [0.2, 0.25) is 0 Å². The van der Waals surface area contributed by atoms with Gasteiger partial charge in [-0.25, -0.2) is 0 Å². The Hall–Kier alpha value is -0.500. The molecule has 0 fully saturated rings. The number of hydrogen-bond acceptors (Lipinski definition) is 1. The normalized spacial score (nSPS) is 12.9. The molecule has 0 spiro atoms. The lowest BCUT2D eigenvalue weighted by Crippen LogP contribution is -2.18. The fourth-order valence-corrected chi connectivity index (χ4v) is 2.13. The van der Waals surface area contributed by atoms with Gasteiger partial charge in [-0.15, -0.1) is 0 Å². The van der Waals surface area contributed by atoms with Gasteiger partial charge in [0.15, 0.2) is 0 Å². The van der Waals surface area contributed by atoms with Crippen molar-refractivity contribution in [1.82, 2.24) is 0 Å². The average molecular weight is 284 g/mol. The summed E-state index contributed by atoms with van der Waals surface area (Å²) in [6, 6.07) is 4.37. The molecule has 0 saturated carbocycles. The van der Waals surface area contributed by atoms with E-state index in [1.165, 1.54) is 11.1 Å². The molecule has 1 rings (SSSR count). The minimum absolute atomic E-state index is 0.0772. The number of benzene rings is 1. The van der Waals surface area contributed by atoms with Crippen LogP contribution in [0.1, 0.15) is 52.7 Å². The Morgan fingerprint density at radius 2 is 1.44 bits per heavy atom. The van der Waals surface area contributed by atoms with Crippen molar-refractivity contribution in [3.63, 3.8) is 0 Å². The minimum atomic E-state index is 0.0772. The molecule has 0 saturated heterocycles. The number of rotatable bonds is 0. The Morgan fingerprint density at radius 1 is 0.938 bits per heavy atom. The predicted molar refractivity (Wildman–Crippen MR) is 76.0 cm³/mol. The van der Waals surface area contributed by atoms with Crippen LogP contribution in [0, 0.1) is 0 Å². The molecule has 0 radical (unpaired) electrons. The van der Waals surface area contributed by atoms with E-state index in [0.717, 1.165) is 10.2 Å². The summed E-state index contributed by atoms with van der Waals surface area (Å²) >= 11 is 3.56. The number of nitrogens with two attached hydrogens (primary N) is 1. The predicted octanol–water partition coefficient (Wildman–Crippen LogP) is 4.63. The molecule has 1 nitrogen and oxygen atoms in total. The summed E-state index contributed by atoms with van der Waals surface area (Å²) in [6.45, 7) is 13.2. The van der Waals surface area contributed by atoms with Crippen LogP contribution in [0.5, 0.6) is 0 Å². The van der Waals surface area contributed by atoms with Gasteiger partial charge in [-0.1, -0.05) is 47.6 Å². The SMILES string of the molecule is CC(C)(C)c1cc(Br)c(N)c(C(C)(C)C)c1. The van der Waals surface area contributed by atoms with Crippen molar-refractivity contribution in [2.24, 2.45) is 0 Å². The molecule has 0 heterocycles. The van der Waals surface area contributed by atoms with E-state index in [4.69, 9.17) is 5.73 Å². The van der Waals surface area contributed by atoms with Gasteiger partial charge in [0.05, 0.1) is 0 Å². The van der Waals surface area contributed by atoms with Crippen LogP contribution in [0.15, 0.2) is 16.6 Å². The van der Waals surface area contributed by atoms with Crippen LogP contribution in [0.25, 0.3) is 0 Å². The summed E-state index contributed by atoms with van der Waals surface area (Å²) < 4.78 is 1.00. The van der Waals surface area contributed by atoms with Gasteiger partial charge in [0.25, 0.3) is 0 Å². The third-order valence-electron chi connectivity index (χ3n) is 2.80. The van der Waals surface area contributed by atoms with Crippen molar-refractivity contribution >= 4 is 21.6 Å². The molecule has 1 aromatic carbocycles. The Kier molecular flexibility index (Phi) is 3.45. The van der Waals surface area contributed by atoms with Crippen LogP contribution < -0.4 is 5.73 Å². The lowest BCUT2D eigenvalue weighted by Gasteiger charge is -2.27. The summed E-state index contributed by atoms with van der Waals surface area (Å²) in [4.78, 5) is 0. The molecule has 0 bridgehead atoms. The van der Waals surface area contributed by atoms with E-state index in [1.807, 2.05) is 0 Å². The fraction of sp³-hybridized carbons (Fsp3) is 0.571. The summed E-state index contributed by atoms with van der Waals surface area (Å²) in [5.74, 6) is 0. The Labute approximate surface area is 108 Å². The lowest BCUT2D eigenvalue weighted by atomic mass is 9.80. The smallest absolute Gasteiger partial charge is 0.0496 e. The van der Waals surface area contributed by atoms with Gasteiger partial charge in [0, 0.05) is 10.2 Å². The van der Waals surface area contributed by atoms with E-state index in [-0.39, 0.29) is 10.8 Å². The molecule has 2 N–H and O–H groups in total. The molecular weight excluding hydrogens is 262 g/mol. The molecule has 2 heteroatoms. The standard InChI is InChI=1S/C14H22BrN/c1-13(2,3)9-7-10(14(4,5)6)12(16)11(15)8-9/h7-8H,16H2,1-6H3. The van der Waals surface area contributed by atoms with Crippen LogP contribution in [0.3, 0.4) is 0 Å². The Morgan fingerprint density at radius 3 is 1.81 bits per heavy atom. The first-order valence-electron chi connectivity index (χ1n) is 5.63. The third kappa shape index (κ3) is 2.79. The lowest BCUT2D eigenvalue weighted by molar-refractivity contribution is 0.569. The van der Waals surface area contributed by atoms with Crippen LogP contribution >= 0.6 is 15.9 Å². The van der Waals surface area contributed by atoms with Crippen LogP contribution in [-0.2, 0) is 10.8 Å². The summed E-state index contributed by atoms with van der Waals surface area (Å²) in [7, 11) is 0. The molecule has 1 aromatic rings. The van der Waals surface area contributed by atoms with E-state index in [1.54, 1.807) is 0 Å². The highest BCUT2D eigenvalue weighted by molar-refractivity contribution is 9.10. The molecule has 16 heavy (non-hydrogen) atoms. The second-order valence-electron chi connectivity index (χ2n) is 6.42. The van der Waals surface area contributed by atoms with Crippen molar-refractivity contribution in [2.75, 3.05) is 5.73 Å². The topological polar surface area (TPSA) is 26.0 Å². The summed E-state index contributed by atoms with van der Waals surface area (Å²) in [5, 5.41) is 0. The number of nitrogen functional groups attached to an aromatic ring is 1. The highest BCUT2D eigenvalue weighted by Gasteiger charge is 2.23. The maximum Gasteiger partial charge on any atom is 0.0496 e. The largest absolute Gasteiger partial charge is 0.398 e. The van der Waals surface area contributed by atoms with E-state index in [0.29, 0.717) is 0 Å². The highest BCUT2D eigenvalue weighted by Crippen LogP contribution is 2.37. The van der Waals surface area contributed by atoms with Gasteiger partial charge in [0.1, 0.15) is 0 Å². The fourth-order valence-electron chi connectivity index (χ4n) is 1.67. The monoisotopic (exact) mass is 283 g/mol. The van der Waals surface area contributed by atoms with Crippen LogP contribution in [0.2, 0.25) is 0 Å². The van der Waals surface area contributed by atoms with E-state index in [9.17, 15) is 0 Å². The molecule has 90 valence electrons. The first kappa shape index (κ1) is 13.6. The number of hydrogen-bond donors (Lipinski definition) is 1. The van der Waals surface area contributed by atoms with Gasteiger partial charge < -0.3 is 5.73 Å². The number of halogens is 1. The zero-order chi connectivity index (χ0) is 12.7. The van der Waals surface area contributed by atoms with Crippen molar-refractivity contribution < 1.29 is 0 Å². The second kappa shape index (κ2) is 4.06. The first-order chi connectivity index (χ1) is 7.03.